The minimum atomic E-state index is -0.204. The number of benzene rings is 1. The van der Waals surface area contributed by atoms with Crippen molar-refractivity contribution in [3.05, 3.63) is 36.2 Å². The number of thioether (sulfide) groups is 1. The van der Waals surface area contributed by atoms with Crippen LogP contribution in [-0.4, -0.2) is 44.9 Å². The van der Waals surface area contributed by atoms with Gasteiger partial charge in [-0.05, 0) is 38.8 Å². The van der Waals surface area contributed by atoms with E-state index in [0.717, 1.165) is 24.4 Å². The number of rotatable bonds is 8. The summed E-state index contributed by atoms with van der Waals surface area (Å²) in [5.74, 6) is 1.17. The molecule has 1 heterocycles. The first-order chi connectivity index (χ1) is 14.0. The number of carbonyl (C=O) groups excluding carboxylic acids is 2. The fraction of sp³-hybridized carbons (Fsp3) is 0.524. The number of carbonyl (C=O) groups is 2. The van der Waals surface area contributed by atoms with Crippen LogP contribution >= 0.6 is 11.8 Å². The van der Waals surface area contributed by atoms with E-state index in [-0.39, 0.29) is 30.2 Å². The molecule has 2 aromatic rings. The molecule has 1 aliphatic carbocycles. The van der Waals surface area contributed by atoms with Gasteiger partial charge in [0.15, 0.2) is 0 Å². The highest BCUT2D eigenvalue weighted by atomic mass is 32.2. The number of nitrogens with one attached hydrogen (secondary N) is 2. The molecule has 0 aliphatic heterocycles. The molecule has 0 saturated heterocycles. The Morgan fingerprint density at radius 1 is 1.14 bits per heavy atom. The van der Waals surface area contributed by atoms with Gasteiger partial charge in [-0.15, -0.1) is 5.10 Å². The summed E-state index contributed by atoms with van der Waals surface area (Å²) < 4.78 is 1.92. The van der Waals surface area contributed by atoms with Gasteiger partial charge >= 0.3 is 0 Å². The Hall–Kier alpha value is -2.35. The van der Waals surface area contributed by atoms with Gasteiger partial charge in [0.05, 0.1) is 18.0 Å². The molecule has 2 N–H and O–H groups in total. The minimum Gasteiger partial charge on any atom is -0.352 e. The monoisotopic (exact) mass is 415 g/mol. The van der Waals surface area contributed by atoms with Gasteiger partial charge < -0.3 is 10.6 Å². The van der Waals surface area contributed by atoms with E-state index in [0.29, 0.717) is 11.1 Å². The third-order valence-electron chi connectivity index (χ3n) is 4.81. The molecule has 1 aliphatic rings. The largest absolute Gasteiger partial charge is 0.352 e. The molecule has 0 spiro atoms. The summed E-state index contributed by atoms with van der Waals surface area (Å²) in [6.45, 7) is 3.75. The van der Waals surface area contributed by atoms with Gasteiger partial charge in [0, 0.05) is 12.0 Å². The van der Waals surface area contributed by atoms with E-state index in [1.54, 1.807) is 0 Å². The Bertz CT molecular complexity index is 816. The lowest BCUT2D eigenvalue weighted by molar-refractivity contribution is -0.125. The van der Waals surface area contributed by atoms with E-state index in [9.17, 15) is 9.59 Å². The van der Waals surface area contributed by atoms with Crippen molar-refractivity contribution in [2.75, 3.05) is 12.3 Å². The van der Waals surface area contributed by atoms with Crippen LogP contribution in [0, 0.1) is 0 Å². The molecule has 0 bridgehead atoms. The molecule has 0 unspecified atom stereocenters. The van der Waals surface area contributed by atoms with Crippen molar-refractivity contribution in [1.29, 1.82) is 0 Å². The summed E-state index contributed by atoms with van der Waals surface area (Å²) in [6.07, 6.45) is 5.97. The normalized spacial score (nSPS) is 14.7. The van der Waals surface area contributed by atoms with Crippen LogP contribution in [0.1, 0.15) is 57.7 Å². The molecular formula is C21H29N5O2S. The van der Waals surface area contributed by atoms with E-state index in [4.69, 9.17) is 4.98 Å². The summed E-state index contributed by atoms with van der Waals surface area (Å²) in [5, 5.41) is 10.7. The van der Waals surface area contributed by atoms with Crippen LogP contribution in [0.5, 0.6) is 0 Å². The Morgan fingerprint density at radius 2 is 1.86 bits per heavy atom. The summed E-state index contributed by atoms with van der Waals surface area (Å²) in [6, 6.07) is 10.1. The highest BCUT2D eigenvalue weighted by Crippen LogP contribution is 2.33. The summed E-state index contributed by atoms with van der Waals surface area (Å²) >= 11 is 1.30. The molecule has 7 nitrogen and oxygen atoms in total. The lowest BCUT2D eigenvalue weighted by Crippen LogP contribution is -2.40. The quantitative estimate of drug-likeness (QED) is 0.647. The van der Waals surface area contributed by atoms with Crippen molar-refractivity contribution in [2.24, 2.45) is 0 Å². The van der Waals surface area contributed by atoms with E-state index in [2.05, 4.69) is 15.7 Å². The number of nitrogens with zero attached hydrogens (tertiary/aromatic N) is 3. The summed E-state index contributed by atoms with van der Waals surface area (Å²) in [4.78, 5) is 28.5. The molecule has 2 amide bonds. The highest BCUT2D eigenvalue weighted by Gasteiger charge is 2.23. The topological polar surface area (TPSA) is 88.9 Å². The fourth-order valence-electron chi connectivity index (χ4n) is 3.48. The lowest BCUT2D eigenvalue weighted by atomic mass is 9.88. The van der Waals surface area contributed by atoms with Crippen LogP contribution in [0.2, 0.25) is 0 Å². The molecule has 1 aromatic carbocycles. The Labute approximate surface area is 176 Å². The average molecular weight is 416 g/mol. The highest BCUT2D eigenvalue weighted by molar-refractivity contribution is 7.99. The molecular weight excluding hydrogens is 386 g/mol. The molecule has 1 fully saturated rings. The second kappa shape index (κ2) is 10.4. The van der Waals surface area contributed by atoms with Crippen LogP contribution in [0.25, 0.3) is 5.69 Å². The average Bonchev–Trinajstić information content (AvgIpc) is 3.16. The molecule has 1 aromatic heterocycles. The maximum Gasteiger partial charge on any atom is 0.239 e. The standard InChI is InChI=1S/C21H29N5O2S/c1-15(2)23-18(27)13-22-19(28)14-29-21-24-20(16-9-5-3-6-10-16)26(25-21)17-11-7-4-8-12-17/h4,7-8,11-12,15-16H,3,5-6,9-10,13-14H2,1-2H3,(H,22,28)(H,23,27). The van der Waals surface area contributed by atoms with Gasteiger partial charge in [-0.1, -0.05) is 49.2 Å². The van der Waals surface area contributed by atoms with Gasteiger partial charge in [0.1, 0.15) is 5.82 Å². The van der Waals surface area contributed by atoms with Gasteiger partial charge in [-0.3, -0.25) is 9.59 Å². The van der Waals surface area contributed by atoms with Crippen LogP contribution in [0.15, 0.2) is 35.5 Å². The second-order valence-electron chi connectivity index (χ2n) is 7.62. The Kier molecular flexibility index (Phi) is 7.69. The number of hydrogen-bond donors (Lipinski definition) is 2. The first-order valence-electron chi connectivity index (χ1n) is 10.2. The lowest BCUT2D eigenvalue weighted by Gasteiger charge is -2.21. The zero-order valence-corrected chi connectivity index (χ0v) is 17.9. The minimum absolute atomic E-state index is 0.0171. The summed E-state index contributed by atoms with van der Waals surface area (Å²) in [5.41, 5.74) is 0.988. The van der Waals surface area contributed by atoms with Gasteiger partial charge in [-0.2, -0.15) is 0 Å². The first kappa shape index (κ1) is 21.4. The molecule has 8 heteroatoms. The fourth-order valence-corrected chi connectivity index (χ4v) is 4.14. The number of hydrogen-bond acceptors (Lipinski definition) is 5. The van der Waals surface area contributed by atoms with Crippen LogP contribution < -0.4 is 10.6 Å². The van der Waals surface area contributed by atoms with Crippen molar-refractivity contribution in [2.45, 2.75) is 63.1 Å². The second-order valence-corrected chi connectivity index (χ2v) is 8.56. The van der Waals surface area contributed by atoms with E-state index in [1.165, 1.54) is 31.0 Å². The number of amides is 2. The van der Waals surface area contributed by atoms with Crippen LogP contribution in [0.4, 0.5) is 0 Å². The third-order valence-corrected chi connectivity index (χ3v) is 5.65. The van der Waals surface area contributed by atoms with Gasteiger partial charge in [0.25, 0.3) is 0 Å². The zero-order valence-electron chi connectivity index (χ0n) is 17.1. The van der Waals surface area contributed by atoms with E-state index < -0.39 is 0 Å². The predicted molar refractivity (Wildman–Crippen MR) is 114 cm³/mol. The molecule has 0 atom stereocenters. The SMILES string of the molecule is CC(C)NC(=O)CNC(=O)CSc1nc(C2CCCCC2)n(-c2ccccc2)n1. The summed E-state index contributed by atoms with van der Waals surface area (Å²) in [7, 11) is 0. The zero-order chi connectivity index (χ0) is 20.6. The van der Waals surface area contributed by atoms with Crippen LogP contribution in [0.3, 0.4) is 0 Å². The van der Waals surface area contributed by atoms with Crippen molar-refractivity contribution in [1.82, 2.24) is 25.4 Å². The van der Waals surface area contributed by atoms with Crippen LogP contribution in [-0.2, 0) is 9.59 Å². The van der Waals surface area contributed by atoms with Crippen molar-refractivity contribution >= 4 is 23.6 Å². The maximum absolute atomic E-state index is 12.1. The van der Waals surface area contributed by atoms with Gasteiger partial charge in [0.2, 0.25) is 17.0 Å². The molecule has 156 valence electrons. The number of para-hydroxylation sites is 1. The maximum atomic E-state index is 12.1. The predicted octanol–water partition coefficient (Wildman–Crippen LogP) is 3.05. The molecule has 0 radical (unpaired) electrons. The first-order valence-corrected chi connectivity index (χ1v) is 11.2. The van der Waals surface area contributed by atoms with Crippen molar-refractivity contribution < 1.29 is 9.59 Å². The van der Waals surface area contributed by atoms with Gasteiger partial charge in [-0.25, -0.2) is 9.67 Å². The molecule has 3 rings (SSSR count). The Balaban J connectivity index is 1.64. The third kappa shape index (κ3) is 6.32. The number of aromatic nitrogens is 3. The van der Waals surface area contributed by atoms with Crippen molar-refractivity contribution in [3.63, 3.8) is 0 Å². The molecule has 1 saturated carbocycles. The molecule has 29 heavy (non-hydrogen) atoms. The smallest absolute Gasteiger partial charge is 0.239 e. The Morgan fingerprint density at radius 3 is 2.55 bits per heavy atom. The van der Waals surface area contributed by atoms with E-state index >= 15 is 0 Å². The van der Waals surface area contributed by atoms with Crippen molar-refractivity contribution in [3.8, 4) is 5.69 Å². The van der Waals surface area contributed by atoms with E-state index in [1.807, 2.05) is 48.9 Å².